The number of nitrogens with zero attached hydrogens (tertiary/aromatic N) is 1. The number of benzene rings is 1. The van der Waals surface area contributed by atoms with Gasteiger partial charge in [-0.2, -0.15) is 0 Å². The van der Waals surface area contributed by atoms with Crippen LogP contribution in [0.4, 0.5) is 4.39 Å². The SMILES string of the molecule is NC(=O)c1ncc(Br)c2cccc(F)c12. The first-order valence-electron chi connectivity index (χ1n) is 4.14. The zero-order chi connectivity index (χ0) is 11.0. The maximum Gasteiger partial charge on any atom is 0.268 e. The first kappa shape index (κ1) is 10.0. The second kappa shape index (κ2) is 3.58. The van der Waals surface area contributed by atoms with Gasteiger partial charge in [-0.3, -0.25) is 4.79 Å². The monoisotopic (exact) mass is 268 g/mol. The van der Waals surface area contributed by atoms with Gasteiger partial charge in [0.25, 0.3) is 5.91 Å². The molecule has 1 aromatic carbocycles. The number of hydrogen-bond acceptors (Lipinski definition) is 2. The molecule has 1 aromatic heterocycles. The zero-order valence-corrected chi connectivity index (χ0v) is 9.08. The van der Waals surface area contributed by atoms with Crippen LogP contribution in [0.15, 0.2) is 28.9 Å². The van der Waals surface area contributed by atoms with Gasteiger partial charge in [-0.1, -0.05) is 12.1 Å². The summed E-state index contributed by atoms with van der Waals surface area (Å²) in [5, 5.41) is 0.734. The molecule has 5 heteroatoms. The number of nitrogens with two attached hydrogens (primary N) is 1. The third kappa shape index (κ3) is 1.59. The van der Waals surface area contributed by atoms with E-state index in [0.717, 1.165) is 0 Å². The summed E-state index contributed by atoms with van der Waals surface area (Å²) in [5.74, 6) is -1.24. The van der Waals surface area contributed by atoms with E-state index in [1.807, 2.05) is 0 Å². The number of primary amides is 1. The van der Waals surface area contributed by atoms with E-state index >= 15 is 0 Å². The lowest BCUT2D eigenvalue weighted by atomic mass is 10.1. The highest BCUT2D eigenvalue weighted by atomic mass is 79.9. The van der Waals surface area contributed by atoms with Crippen LogP contribution in [0.1, 0.15) is 10.5 Å². The Morgan fingerprint density at radius 1 is 1.47 bits per heavy atom. The summed E-state index contributed by atoms with van der Waals surface area (Å²) in [6.07, 6.45) is 1.43. The number of aromatic nitrogens is 1. The minimum atomic E-state index is -0.738. The smallest absolute Gasteiger partial charge is 0.268 e. The van der Waals surface area contributed by atoms with Crippen molar-refractivity contribution in [3.05, 3.63) is 40.4 Å². The molecular formula is C10H6BrFN2O. The fourth-order valence-electron chi connectivity index (χ4n) is 1.41. The van der Waals surface area contributed by atoms with E-state index in [1.165, 1.54) is 12.3 Å². The molecule has 0 radical (unpaired) electrons. The lowest BCUT2D eigenvalue weighted by Gasteiger charge is -2.04. The summed E-state index contributed by atoms with van der Waals surface area (Å²) in [4.78, 5) is 14.9. The van der Waals surface area contributed by atoms with Gasteiger partial charge >= 0.3 is 0 Å². The first-order chi connectivity index (χ1) is 7.11. The Hall–Kier alpha value is -1.49. The van der Waals surface area contributed by atoms with Gasteiger partial charge in [-0.05, 0) is 22.0 Å². The topological polar surface area (TPSA) is 56.0 Å². The van der Waals surface area contributed by atoms with E-state index < -0.39 is 11.7 Å². The number of carbonyl (C=O) groups excluding carboxylic acids is 1. The highest BCUT2D eigenvalue weighted by Crippen LogP contribution is 2.26. The number of halogens is 2. The molecule has 1 heterocycles. The van der Waals surface area contributed by atoms with Crippen molar-refractivity contribution in [1.82, 2.24) is 4.98 Å². The van der Waals surface area contributed by atoms with Crippen LogP contribution in [0.3, 0.4) is 0 Å². The van der Waals surface area contributed by atoms with Crippen molar-refractivity contribution in [1.29, 1.82) is 0 Å². The van der Waals surface area contributed by atoms with Crippen molar-refractivity contribution in [2.24, 2.45) is 5.73 Å². The Kier molecular flexibility index (Phi) is 2.40. The highest BCUT2D eigenvalue weighted by Gasteiger charge is 2.13. The summed E-state index contributed by atoms with van der Waals surface area (Å²) in [5.41, 5.74) is 5.07. The van der Waals surface area contributed by atoms with Crippen molar-refractivity contribution in [2.75, 3.05) is 0 Å². The summed E-state index contributed by atoms with van der Waals surface area (Å²) in [6, 6.07) is 4.52. The second-order valence-corrected chi connectivity index (χ2v) is 3.84. The fraction of sp³-hybridized carbons (Fsp3) is 0. The van der Waals surface area contributed by atoms with Gasteiger partial charge in [-0.15, -0.1) is 0 Å². The maximum absolute atomic E-state index is 13.5. The predicted octanol–water partition coefficient (Wildman–Crippen LogP) is 2.24. The van der Waals surface area contributed by atoms with Gasteiger partial charge in [-0.25, -0.2) is 9.37 Å². The normalized spacial score (nSPS) is 10.5. The Balaban J connectivity index is 2.96. The van der Waals surface area contributed by atoms with Crippen molar-refractivity contribution in [2.45, 2.75) is 0 Å². The minimum absolute atomic E-state index is 0.0497. The van der Waals surface area contributed by atoms with E-state index in [1.54, 1.807) is 12.1 Å². The number of fused-ring (bicyclic) bond motifs is 1. The Morgan fingerprint density at radius 2 is 2.20 bits per heavy atom. The third-order valence-electron chi connectivity index (χ3n) is 2.05. The van der Waals surface area contributed by atoms with E-state index in [-0.39, 0.29) is 11.1 Å². The van der Waals surface area contributed by atoms with Crippen LogP contribution >= 0.6 is 15.9 Å². The molecule has 76 valence electrons. The van der Waals surface area contributed by atoms with Crippen LogP contribution in [0.5, 0.6) is 0 Å². The third-order valence-corrected chi connectivity index (χ3v) is 2.68. The van der Waals surface area contributed by atoms with Gasteiger partial charge in [0, 0.05) is 21.4 Å². The summed E-state index contributed by atoms with van der Waals surface area (Å²) in [6.45, 7) is 0. The number of rotatable bonds is 1. The predicted molar refractivity (Wildman–Crippen MR) is 57.9 cm³/mol. The van der Waals surface area contributed by atoms with Crippen molar-refractivity contribution in [3.8, 4) is 0 Å². The lowest BCUT2D eigenvalue weighted by molar-refractivity contribution is 0.0997. The molecule has 0 unspecified atom stereocenters. The number of hydrogen-bond donors (Lipinski definition) is 1. The van der Waals surface area contributed by atoms with E-state index in [2.05, 4.69) is 20.9 Å². The number of amides is 1. The van der Waals surface area contributed by atoms with Gasteiger partial charge in [0.1, 0.15) is 11.5 Å². The van der Waals surface area contributed by atoms with E-state index in [0.29, 0.717) is 9.86 Å². The Bertz CT molecular complexity index is 556. The van der Waals surface area contributed by atoms with Gasteiger partial charge in [0.2, 0.25) is 0 Å². The molecule has 2 aromatic rings. The standard InChI is InChI=1S/C10H6BrFN2O/c11-6-4-14-9(10(13)15)8-5(6)2-1-3-7(8)12/h1-4H,(H2,13,15). The molecule has 0 atom stereocenters. The maximum atomic E-state index is 13.5. The summed E-state index contributed by atoms with van der Waals surface area (Å²) >= 11 is 3.23. The molecule has 0 aliphatic heterocycles. The summed E-state index contributed by atoms with van der Waals surface area (Å²) < 4.78 is 14.1. The molecule has 2 N–H and O–H groups in total. The quantitative estimate of drug-likeness (QED) is 0.863. The van der Waals surface area contributed by atoms with Crippen molar-refractivity contribution >= 4 is 32.6 Å². The molecule has 0 aliphatic carbocycles. The van der Waals surface area contributed by atoms with Gasteiger partial charge < -0.3 is 5.73 Å². The van der Waals surface area contributed by atoms with Crippen LogP contribution in [-0.2, 0) is 0 Å². The lowest BCUT2D eigenvalue weighted by Crippen LogP contribution is -2.14. The average molecular weight is 269 g/mol. The molecule has 0 bridgehead atoms. The molecule has 2 rings (SSSR count). The van der Waals surface area contributed by atoms with Gasteiger partial charge in [0.05, 0.1) is 0 Å². The van der Waals surface area contributed by atoms with E-state index in [9.17, 15) is 9.18 Å². The fourth-order valence-corrected chi connectivity index (χ4v) is 1.84. The van der Waals surface area contributed by atoms with Crippen molar-refractivity contribution in [3.63, 3.8) is 0 Å². The first-order valence-corrected chi connectivity index (χ1v) is 4.93. The summed E-state index contributed by atoms with van der Waals surface area (Å²) in [7, 11) is 0. The molecule has 0 aliphatic rings. The molecule has 3 nitrogen and oxygen atoms in total. The molecule has 15 heavy (non-hydrogen) atoms. The minimum Gasteiger partial charge on any atom is -0.364 e. The van der Waals surface area contributed by atoms with Gasteiger partial charge in [0.15, 0.2) is 0 Å². The molecule has 0 saturated carbocycles. The molecule has 1 amide bonds. The van der Waals surface area contributed by atoms with Crippen LogP contribution < -0.4 is 5.73 Å². The van der Waals surface area contributed by atoms with Crippen LogP contribution in [0.2, 0.25) is 0 Å². The number of carbonyl (C=O) groups is 1. The van der Waals surface area contributed by atoms with Crippen LogP contribution in [0, 0.1) is 5.82 Å². The second-order valence-electron chi connectivity index (χ2n) is 2.98. The highest BCUT2D eigenvalue weighted by molar-refractivity contribution is 9.10. The Labute approximate surface area is 93.2 Å². The Morgan fingerprint density at radius 3 is 2.87 bits per heavy atom. The largest absolute Gasteiger partial charge is 0.364 e. The zero-order valence-electron chi connectivity index (χ0n) is 7.50. The van der Waals surface area contributed by atoms with E-state index in [4.69, 9.17) is 5.73 Å². The number of pyridine rings is 1. The molecule has 0 fully saturated rings. The van der Waals surface area contributed by atoms with Crippen molar-refractivity contribution < 1.29 is 9.18 Å². The van der Waals surface area contributed by atoms with Crippen LogP contribution in [-0.4, -0.2) is 10.9 Å². The molecule has 0 saturated heterocycles. The molecule has 0 spiro atoms. The molecular weight excluding hydrogens is 263 g/mol. The van der Waals surface area contributed by atoms with Crippen LogP contribution in [0.25, 0.3) is 10.8 Å². The average Bonchev–Trinajstić information content (AvgIpc) is 2.19.